The molecule has 0 bridgehead atoms. The van der Waals surface area contributed by atoms with E-state index in [0.29, 0.717) is 0 Å². The molecule has 0 amide bonds. The first-order valence-corrected chi connectivity index (χ1v) is 7.55. The van der Waals surface area contributed by atoms with Crippen molar-refractivity contribution in [2.75, 3.05) is 13.2 Å². The van der Waals surface area contributed by atoms with E-state index in [9.17, 15) is 0 Å². The number of benzene rings is 1. The van der Waals surface area contributed by atoms with Crippen LogP contribution >= 0.6 is 0 Å². The van der Waals surface area contributed by atoms with Gasteiger partial charge in [0.1, 0.15) is 0 Å². The van der Waals surface area contributed by atoms with E-state index < -0.39 is 0 Å². The van der Waals surface area contributed by atoms with Crippen molar-refractivity contribution in [1.82, 2.24) is 0 Å². The highest BCUT2D eigenvalue weighted by atomic mass is 16.5. The standard InChI is InChI=1S/C17H28O.CH3/c1-2-3-4-5-10-15-18-16-11-9-14-17-12-7-6-8-13-17;/h6-8,12-13H,2-5,9-11,14-16H2,1H3;1H3/q;-1. The van der Waals surface area contributed by atoms with Crippen molar-refractivity contribution in [2.24, 2.45) is 0 Å². The molecular weight excluding hydrogens is 232 g/mol. The summed E-state index contributed by atoms with van der Waals surface area (Å²) in [7, 11) is 0. The summed E-state index contributed by atoms with van der Waals surface area (Å²) in [6.45, 7) is 4.14. The molecule has 0 saturated carbocycles. The third-order valence-corrected chi connectivity index (χ3v) is 3.24. The van der Waals surface area contributed by atoms with Crippen LogP contribution in [0.5, 0.6) is 0 Å². The Bertz CT molecular complexity index is 268. The van der Waals surface area contributed by atoms with Gasteiger partial charge >= 0.3 is 0 Å². The molecule has 0 fully saturated rings. The van der Waals surface area contributed by atoms with Crippen LogP contribution in [0, 0.1) is 7.43 Å². The maximum absolute atomic E-state index is 5.65. The number of hydrogen-bond acceptors (Lipinski definition) is 1. The van der Waals surface area contributed by atoms with Gasteiger partial charge in [0.05, 0.1) is 0 Å². The van der Waals surface area contributed by atoms with Crippen LogP contribution in [0.15, 0.2) is 30.3 Å². The minimum Gasteiger partial charge on any atom is -0.381 e. The van der Waals surface area contributed by atoms with Crippen LogP contribution in [0.4, 0.5) is 0 Å². The number of aryl methyl sites for hydroxylation is 1. The summed E-state index contributed by atoms with van der Waals surface area (Å²) in [4.78, 5) is 0. The van der Waals surface area contributed by atoms with Crippen LogP contribution in [0.2, 0.25) is 0 Å². The Kier molecular flexibility index (Phi) is 13.0. The lowest BCUT2D eigenvalue weighted by Gasteiger charge is -2.04. The number of unbranched alkanes of at least 4 members (excludes halogenated alkanes) is 5. The lowest BCUT2D eigenvalue weighted by molar-refractivity contribution is 0.126. The molecule has 0 aliphatic carbocycles. The molecule has 0 aliphatic rings. The van der Waals surface area contributed by atoms with Gasteiger partial charge in [-0.2, -0.15) is 0 Å². The summed E-state index contributed by atoms with van der Waals surface area (Å²) >= 11 is 0. The van der Waals surface area contributed by atoms with Crippen molar-refractivity contribution < 1.29 is 4.74 Å². The molecule has 1 nitrogen and oxygen atoms in total. The van der Waals surface area contributed by atoms with E-state index in [2.05, 4.69) is 37.3 Å². The fourth-order valence-corrected chi connectivity index (χ4v) is 2.09. The van der Waals surface area contributed by atoms with Crippen LogP contribution in [-0.4, -0.2) is 13.2 Å². The molecule has 1 rings (SSSR count). The SMILES string of the molecule is CCCCCCCOCCCCc1ccccc1.[CH3-]. The zero-order chi connectivity index (χ0) is 12.9. The highest BCUT2D eigenvalue weighted by Gasteiger charge is 1.93. The Balaban J connectivity index is 0.00000324. The monoisotopic (exact) mass is 263 g/mol. The third-order valence-electron chi connectivity index (χ3n) is 3.24. The van der Waals surface area contributed by atoms with Crippen molar-refractivity contribution in [3.63, 3.8) is 0 Å². The maximum Gasteiger partial charge on any atom is 0.0466 e. The number of ether oxygens (including phenoxy) is 1. The molecule has 0 saturated heterocycles. The van der Waals surface area contributed by atoms with Gasteiger partial charge in [-0.15, -0.1) is 0 Å². The first kappa shape index (κ1) is 18.2. The number of hydrogen-bond donors (Lipinski definition) is 0. The van der Waals surface area contributed by atoms with E-state index in [0.717, 1.165) is 13.2 Å². The Morgan fingerprint density at radius 3 is 2.11 bits per heavy atom. The molecule has 1 heteroatoms. The van der Waals surface area contributed by atoms with E-state index in [1.807, 2.05) is 0 Å². The predicted molar refractivity (Wildman–Crippen MR) is 85.4 cm³/mol. The fraction of sp³-hybridized carbons (Fsp3) is 0.611. The predicted octanol–water partition coefficient (Wildman–Crippen LogP) is 5.45. The summed E-state index contributed by atoms with van der Waals surface area (Å²) in [6, 6.07) is 10.7. The zero-order valence-electron chi connectivity index (χ0n) is 12.9. The third kappa shape index (κ3) is 10.8. The fourth-order valence-electron chi connectivity index (χ4n) is 2.09. The molecule has 1 aromatic rings. The molecule has 0 unspecified atom stereocenters. The van der Waals surface area contributed by atoms with Gasteiger partial charge in [-0.05, 0) is 31.2 Å². The molecule has 0 N–H and O–H groups in total. The van der Waals surface area contributed by atoms with Gasteiger partial charge in [-0.3, -0.25) is 0 Å². The largest absolute Gasteiger partial charge is 0.381 e. The maximum atomic E-state index is 5.65. The summed E-state index contributed by atoms with van der Waals surface area (Å²) < 4.78 is 5.65. The average Bonchev–Trinajstić information content (AvgIpc) is 2.42. The average molecular weight is 263 g/mol. The molecule has 0 aromatic heterocycles. The Hall–Kier alpha value is -0.820. The Labute approximate surface area is 120 Å². The molecule has 0 heterocycles. The molecule has 0 atom stereocenters. The van der Waals surface area contributed by atoms with Crippen molar-refractivity contribution in [3.05, 3.63) is 43.3 Å². The van der Waals surface area contributed by atoms with E-state index in [-0.39, 0.29) is 7.43 Å². The van der Waals surface area contributed by atoms with Crippen LogP contribution < -0.4 is 0 Å². The van der Waals surface area contributed by atoms with Gasteiger partial charge < -0.3 is 12.2 Å². The van der Waals surface area contributed by atoms with Crippen molar-refractivity contribution in [3.8, 4) is 0 Å². The summed E-state index contributed by atoms with van der Waals surface area (Å²) in [5.41, 5.74) is 1.44. The topological polar surface area (TPSA) is 9.23 Å². The van der Waals surface area contributed by atoms with Gasteiger partial charge in [-0.25, -0.2) is 0 Å². The normalized spacial score (nSPS) is 10.2. The summed E-state index contributed by atoms with van der Waals surface area (Å²) in [5, 5.41) is 0. The van der Waals surface area contributed by atoms with E-state index >= 15 is 0 Å². The minimum absolute atomic E-state index is 0. The summed E-state index contributed by atoms with van der Waals surface area (Å²) in [5.74, 6) is 0. The second kappa shape index (κ2) is 13.6. The first-order chi connectivity index (χ1) is 8.93. The zero-order valence-corrected chi connectivity index (χ0v) is 12.9. The first-order valence-electron chi connectivity index (χ1n) is 7.55. The van der Waals surface area contributed by atoms with Crippen LogP contribution in [-0.2, 0) is 11.2 Å². The highest BCUT2D eigenvalue weighted by Crippen LogP contribution is 2.05. The van der Waals surface area contributed by atoms with Gasteiger partial charge in [-0.1, -0.05) is 62.9 Å². The highest BCUT2D eigenvalue weighted by molar-refractivity contribution is 5.14. The van der Waals surface area contributed by atoms with E-state index in [1.54, 1.807) is 0 Å². The van der Waals surface area contributed by atoms with Crippen molar-refractivity contribution >= 4 is 0 Å². The van der Waals surface area contributed by atoms with Gasteiger partial charge in [0.2, 0.25) is 0 Å². The second-order valence-electron chi connectivity index (χ2n) is 4.97. The van der Waals surface area contributed by atoms with Crippen molar-refractivity contribution in [1.29, 1.82) is 0 Å². The van der Waals surface area contributed by atoms with Gasteiger partial charge in [0.15, 0.2) is 0 Å². The van der Waals surface area contributed by atoms with Crippen LogP contribution in [0.25, 0.3) is 0 Å². The molecule has 0 radical (unpaired) electrons. The summed E-state index contributed by atoms with van der Waals surface area (Å²) in [6.07, 6.45) is 10.2. The lowest BCUT2D eigenvalue weighted by Crippen LogP contribution is -1.98. The molecular formula is C18H31O-. The molecule has 110 valence electrons. The molecule has 1 aromatic carbocycles. The molecule has 19 heavy (non-hydrogen) atoms. The van der Waals surface area contributed by atoms with E-state index in [4.69, 9.17) is 4.74 Å². The van der Waals surface area contributed by atoms with Gasteiger partial charge in [0.25, 0.3) is 0 Å². The Morgan fingerprint density at radius 1 is 0.789 bits per heavy atom. The van der Waals surface area contributed by atoms with Crippen molar-refractivity contribution in [2.45, 2.75) is 58.3 Å². The minimum atomic E-state index is 0. The van der Waals surface area contributed by atoms with Gasteiger partial charge in [0, 0.05) is 13.2 Å². The smallest absolute Gasteiger partial charge is 0.0466 e. The van der Waals surface area contributed by atoms with E-state index in [1.165, 1.54) is 56.9 Å². The van der Waals surface area contributed by atoms with Crippen LogP contribution in [0.3, 0.4) is 0 Å². The Morgan fingerprint density at radius 2 is 1.42 bits per heavy atom. The lowest BCUT2D eigenvalue weighted by atomic mass is 10.1. The quantitative estimate of drug-likeness (QED) is 0.381. The molecule has 0 spiro atoms. The number of rotatable bonds is 11. The molecule has 0 aliphatic heterocycles. The van der Waals surface area contributed by atoms with Crippen LogP contribution in [0.1, 0.15) is 57.4 Å². The second-order valence-corrected chi connectivity index (χ2v) is 4.97.